The molecule has 1 heterocycles. The normalized spacial score (nSPS) is 11.6. The number of ether oxygens (including phenoxy) is 3. The van der Waals surface area contributed by atoms with E-state index in [9.17, 15) is 9.59 Å². The lowest BCUT2D eigenvalue weighted by molar-refractivity contribution is -0.118. The van der Waals surface area contributed by atoms with Crippen LogP contribution in [0.2, 0.25) is 0 Å². The largest absolute Gasteiger partial charge is 0.495 e. The van der Waals surface area contributed by atoms with Crippen molar-refractivity contribution < 1.29 is 23.8 Å². The molecule has 4 aromatic rings. The maximum absolute atomic E-state index is 12.9. The SMILES string of the molecule is COc1ccccc1NC(=O)COc1ccc(/C=C/C(=O)c2ccc3c(c2)Nc2ccccc2S3)cc1OC. The fourth-order valence-corrected chi connectivity index (χ4v) is 5.01. The number of fused-ring (bicyclic) bond motifs is 2. The average molecular weight is 539 g/mol. The summed E-state index contributed by atoms with van der Waals surface area (Å²) >= 11 is 1.68. The number of hydrogen-bond donors (Lipinski definition) is 2. The number of rotatable bonds is 9. The summed E-state index contributed by atoms with van der Waals surface area (Å²) in [6.45, 7) is -0.211. The smallest absolute Gasteiger partial charge is 0.262 e. The van der Waals surface area contributed by atoms with Crippen LogP contribution in [0.15, 0.2) is 101 Å². The van der Waals surface area contributed by atoms with Crippen molar-refractivity contribution in [3.8, 4) is 17.2 Å². The van der Waals surface area contributed by atoms with Crippen molar-refractivity contribution in [3.05, 3.63) is 102 Å². The predicted octanol–water partition coefficient (Wildman–Crippen LogP) is 6.83. The molecule has 8 heteroatoms. The fraction of sp³-hybridized carbons (Fsp3) is 0.0968. The number of carbonyl (C=O) groups excluding carboxylic acids is 2. The summed E-state index contributed by atoms with van der Waals surface area (Å²) in [6, 6.07) is 26.1. The summed E-state index contributed by atoms with van der Waals surface area (Å²) in [4.78, 5) is 27.5. The van der Waals surface area contributed by atoms with Crippen molar-refractivity contribution in [2.75, 3.05) is 31.5 Å². The predicted molar refractivity (Wildman–Crippen MR) is 154 cm³/mol. The van der Waals surface area contributed by atoms with Gasteiger partial charge in [0.2, 0.25) is 0 Å². The van der Waals surface area contributed by atoms with E-state index < -0.39 is 0 Å². The molecule has 0 aromatic heterocycles. The van der Waals surface area contributed by atoms with E-state index in [0.717, 1.165) is 26.7 Å². The molecule has 0 aliphatic carbocycles. The molecule has 2 N–H and O–H groups in total. The number of hydrogen-bond acceptors (Lipinski definition) is 7. The maximum Gasteiger partial charge on any atom is 0.262 e. The van der Waals surface area contributed by atoms with E-state index in [1.165, 1.54) is 13.2 Å². The van der Waals surface area contributed by atoms with Crippen molar-refractivity contribution in [1.82, 2.24) is 0 Å². The van der Waals surface area contributed by atoms with Gasteiger partial charge in [0.1, 0.15) is 5.75 Å². The Morgan fingerprint density at radius 1 is 0.821 bits per heavy atom. The quantitative estimate of drug-likeness (QED) is 0.157. The molecule has 7 nitrogen and oxygen atoms in total. The minimum atomic E-state index is -0.336. The van der Waals surface area contributed by atoms with Crippen LogP contribution < -0.4 is 24.8 Å². The van der Waals surface area contributed by atoms with Gasteiger partial charge in [0.05, 0.1) is 31.3 Å². The number of para-hydroxylation sites is 3. The second kappa shape index (κ2) is 11.8. The highest BCUT2D eigenvalue weighted by Crippen LogP contribution is 2.44. The summed E-state index contributed by atoms with van der Waals surface area (Å²) in [5.41, 5.74) is 3.85. The number of benzene rings is 4. The molecule has 0 unspecified atom stereocenters. The van der Waals surface area contributed by atoms with Crippen molar-refractivity contribution in [2.24, 2.45) is 0 Å². The zero-order chi connectivity index (χ0) is 27.2. The first-order valence-electron chi connectivity index (χ1n) is 12.2. The van der Waals surface area contributed by atoms with Crippen LogP contribution >= 0.6 is 11.8 Å². The van der Waals surface area contributed by atoms with Crippen LogP contribution in [0, 0.1) is 0 Å². The molecule has 5 rings (SSSR count). The molecule has 0 atom stereocenters. The Bertz CT molecular complexity index is 1570. The Labute approximate surface area is 230 Å². The Hall–Kier alpha value is -4.69. The number of carbonyl (C=O) groups is 2. The van der Waals surface area contributed by atoms with Gasteiger partial charge in [0.15, 0.2) is 23.9 Å². The minimum absolute atomic E-state index is 0.115. The monoisotopic (exact) mass is 538 g/mol. The van der Waals surface area contributed by atoms with Gasteiger partial charge >= 0.3 is 0 Å². The number of allylic oxidation sites excluding steroid dienone is 1. The topological polar surface area (TPSA) is 85.9 Å². The van der Waals surface area contributed by atoms with Crippen LogP contribution in [0.1, 0.15) is 15.9 Å². The van der Waals surface area contributed by atoms with Crippen molar-refractivity contribution in [2.45, 2.75) is 9.79 Å². The molecular formula is C31H26N2O5S. The van der Waals surface area contributed by atoms with Crippen molar-refractivity contribution in [1.29, 1.82) is 0 Å². The molecule has 0 radical (unpaired) electrons. The van der Waals surface area contributed by atoms with Crippen molar-refractivity contribution >= 4 is 46.6 Å². The number of amides is 1. The van der Waals surface area contributed by atoms with Crippen molar-refractivity contribution in [3.63, 3.8) is 0 Å². The number of methoxy groups -OCH3 is 2. The molecule has 0 spiro atoms. The van der Waals surface area contributed by atoms with Crippen LogP contribution in [0.3, 0.4) is 0 Å². The molecule has 0 fully saturated rings. The highest BCUT2D eigenvalue weighted by Gasteiger charge is 2.17. The number of nitrogens with one attached hydrogen (secondary N) is 2. The van der Waals surface area contributed by atoms with Gasteiger partial charge in [-0.3, -0.25) is 9.59 Å². The maximum atomic E-state index is 12.9. The molecule has 0 bridgehead atoms. The second-order valence-corrected chi connectivity index (χ2v) is 9.66. The molecule has 1 aliphatic heterocycles. The molecule has 39 heavy (non-hydrogen) atoms. The minimum Gasteiger partial charge on any atom is -0.495 e. The lowest BCUT2D eigenvalue weighted by atomic mass is 10.1. The fourth-order valence-electron chi connectivity index (χ4n) is 4.05. The van der Waals surface area contributed by atoms with Crippen LogP contribution in [-0.2, 0) is 4.79 Å². The molecule has 1 aliphatic rings. The van der Waals surface area contributed by atoms with Gasteiger partial charge < -0.3 is 24.8 Å². The van der Waals surface area contributed by atoms with Gasteiger partial charge in [0, 0.05) is 15.4 Å². The van der Waals surface area contributed by atoms with Crippen LogP contribution in [0.4, 0.5) is 17.1 Å². The van der Waals surface area contributed by atoms with E-state index >= 15 is 0 Å². The van der Waals surface area contributed by atoms with Gasteiger partial charge in [0.25, 0.3) is 5.91 Å². The Morgan fingerprint density at radius 2 is 1.59 bits per heavy atom. The van der Waals surface area contributed by atoms with Gasteiger partial charge in [-0.25, -0.2) is 0 Å². The number of anilines is 3. The molecule has 0 saturated carbocycles. The van der Waals surface area contributed by atoms with Gasteiger partial charge in [-0.2, -0.15) is 0 Å². The zero-order valence-electron chi connectivity index (χ0n) is 21.4. The summed E-state index contributed by atoms with van der Waals surface area (Å²) in [6.07, 6.45) is 3.25. The molecule has 4 aromatic carbocycles. The second-order valence-electron chi connectivity index (χ2n) is 8.58. The first kappa shape index (κ1) is 25.9. The Balaban J connectivity index is 1.22. The third-order valence-electron chi connectivity index (χ3n) is 6.00. The highest BCUT2D eigenvalue weighted by molar-refractivity contribution is 7.99. The van der Waals surface area contributed by atoms with E-state index in [2.05, 4.69) is 16.7 Å². The Morgan fingerprint density at radius 3 is 2.44 bits per heavy atom. The van der Waals surface area contributed by atoms with E-state index in [-0.39, 0.29) is 18.3 Å². The molecule has 1 amide bonds. The molecule has 0 saturated heterocycles. The zero-order valence-corrected chi connectivity index (χ0v) is 22.2. The Kier molecular flexibility index (Phi) is 7.84. The van der Waals surface area contributed by atoms with E-state index in [1.54, 1.807) is 61.3 Å². The standard InChI is InChI=1S/C31H26N2O5S/c1-36-26-9-5-3-7-22(26)33-31(35)19-38-27-15-12-20(17-28(27)37-2)11-14-25(34)21-13-16-30-24(18-21)32-23-8-4-6-10-29(23)39-30/h3-18,32H,19H2,1-2H3,(H,33,35)/b14-11+. The first-order chi connectivity index (χ1) is 19.0. The lowest BCUT2D eigenvalue weighted by Gasteiger charge is -2.20. The summed E-state index contributed by atoms with van der Waals surface area (Å²) in [7, 11) is 3.06. The molecular weight excluding hydrogens is 512 g/mol. The van der Waals surface area contributed by atoms with E-state index in [0.29, 0.717) is 28.5 Å². The van der Waals surface area contributed by atoms with E-state index in [4.69, 9.17) is 14.2 Å². The highest BCUT2D eigenvalue weighted by atomic mass is 32.2. The third-order valence-corrected chi connectivity index (χ3v) is 7.15. The lowest BCUT2D eigenvalue weighted by Crippen LogP contribution is -2.20. The average Bonchev–Trinajstić information content (AvgIpc) is 2.97. The third kappa shape index (κ3) is 6.08. The summed E-state index contributed by atoms with van der Waals surface area (Å²) in [5, 5.41) is 6.18. The van der Waals surface area contributed by atoms with Crippen LogP contribution in [0.25, 0.3) is 6.08 Å². The van der Waals surface area contributed by atoms with Crippen LogP contribution in [0.5, 0.6) is 17.2 Å². The summed E-state index contributed by atoms with van der Waals surface area (Å²) in [5.74, 6) is 0.969. The van der Waals surface area contributed by atoms with Gasteiger partial charge in [-0.05, 0) is 66.2 Å². The molecule has 196 valence electrons. The first-order valence-corrected chi connectivity index (χ1v) is 13.0. The number of ketones is 1. The van der Waals surface area contributed by atoms with Crippen LogP contribution in [-0.4, -0.2) is 32.5 Å². The van der Waals surface area contributed by atoms with Gasteiger partial charge in [-0.15, -0.1) is 0 Å². The summed E-state index contributed by atoms with van der Waals surface area (Å²) < 4.78 is 16.4. The van der Waals surface area contributed by atoms with E-state index in [1.807, 2.05) is 42.5 Å². The van der Waals surface area contributed by atoms with Gasteiger partial charge in [-0.1, -0.05) is 48.2 Å².